The Bertz CT molecular complexity index is 2760. The van der Waals surface area contributed by atoms with Gasteiger partial charge in [-0.3, -0.25) is 25.0 Å². The van der Waals surface area contributed by atoms with Crippen LogP contribution >= 0.6 is 23.2 Å². The van der Waals surface area contributed by atoms with Crippen LogP contribution < -0.4 is 21.3 Å². The van der Waals surface area contributed by atoms with Crippen LogP contribution in [0.4, 0.5) is 11.4 Å². The first-order chi connectivity index (χ1) is 28.3. The molecule has 0 fully saturated rings. The van der Waals surface area contributed by atoms with Crippen molar-refractivity contribution in [3.05, 3.63) is 177 Å². The second-order valence-electron chi connectivity index (χ2n) is 14.6. The lowest BCUT2D eigenvalue weighted by molar-refractivity contribution is -0.123. The van der Waals surface area contributed by atoms with E-state index in [4.69, 9.17) is 23.2 Å². The summed E-state index contributed by atoms with van der Waals surface area (Å²) in [6, 6.07) is 40.1. The molecule has 2 unspecified atom stereocenters. The number of nitrogens with one attached hydrogen (secondary N) is 6. The summed E-state index contributed by atoms with van der Waals surface area (Å²) in [6.07, 6.45) is 0. The molecule has 0 saturated carbocycles. The maximum Gasteiger partial charge on any atom is 0.255 e. The summed E-state index contributed by atoms with van der Waals surface area (Å²) in [5.74, 6) is -0.466. The highest BCUT2D eigenvalue weighted by atomic mass is 35.5. The minimum Gasteiger partial charge on any atom is -0.355 e. The molecule has 2 aliphatic heterocycles. The van der Waals surface area contributed by atoms with Crippen LogP contribution in [0.3, 0.4) is 0 Å². The fourth-order valence-corrected chi connectivity index (χ4v) is 8.78. The predicted octanol–water partition coefficient (Wildman–Crippen LogP) is 10.4. The number of amides is 2. The number of anilines is 2. The Kier molecular flexibility index (Phi) is 8.95. The summed E-state index contributed by atoms with van der Waals surface area (Å²) in [6.45, 7) is 0.846. The van der Waals surface area contributed by atoms with Crippen LogP contribution in [0.15, 0.2) is 133 Å². The third-order valence-corrected chi connectivity index (χ3v) is 11.8. The van der Waals surface area contributed by atoms with E-state index in [2.05, 4.69) is 31.2 Å². The molecular formula is C47H34Cl2N6O3. The van der Waals surface area contributed by atoms with E-state index >= 15 is 0 Å². The van der Waals surface area contributed by atoms with E-state index in [0.29, 0.717) is 34.3 Å². The van der Waals surface area contributed by atoms with Crippen LogP contribution in [0.25, 0.3) is 44.3 Å². The van der Waals surface area contributed by atoms with Crippen molar-refractivity contribution in [1.29, 1.82) is 0 Å². The summed E-state index contributed by atoms with van der Waals surface area (Å²) in [5, 5.41) is 15.7. The standard InChI is InChI=1S/C47H34Cl2N6O3/c48-35-15-13-31(39-21-27-19-25(11-17-37(27)54-39)46(57)52-29-7-3-1-4-8-29)41-33(35)23-50-43(41)45(56)44-42-32(14-16-36(49)34(42)24-51-44)40-22-28-20-26(12-18-38(28)55-40)47(58)53-30-9-5-2-6-10-30/h1-22,43-44,50-51,54-55H,23-24H2,(H,52,57)(H,53,58). The van der Waals surface area contributed by atoms with E-state index in [9.17, 15) is 14.4 Å². The van der Waals surface area contributed by atoms with Gasteiger partial charge in [-0.15, -0.1) is 0 Å². The largest absolute Gasteiger partial charge is 0.355 e. The van der Waals surface area contributed by atoms with Crippen molar-refractivity contribution in [2.24, 2.45) is 0 Å². The number of rotatable bonds is 8. The number of fused-ring (bicyclic) bond motifs is 4. The van der Waals surface area contributed by atoms with Gasteiger partial charge in [-0.2, -0.15) is 0 Å². The van der Waals surface area contributed by atoms with E-state index in [1.807, 2.05) is 121 Å². The fourth-order valence-electron chi connectivity index (χ4n) is 8.32. The molecule has 0 saturated heterocycles. The van der Waals surface area contributed by atoms with E-state index in [1.54, 1.807) is 12.1 Å². The zero-order valence-corrected chi connectivity index (χ0v) is 32.3. The van der Waals surface area contributed by atoms with E-state index < -0.39 is 12.1 Å². The molecule has 0 bridgehead atoms. The van der Waals surface area contributed by atoms with Crippen molar-refractivity contribution in [2.75, 3.05) is 10.6 Å². The molecule has 11 heteroatoms. The SMILES string of the molecule is O=C(Nc1ccccc1)c1ccc2[nH]c(-c3ccc(Cl)c4c3C(C(=O)C3NCc5c(Cl)ccc(-c6cc7cc(C(=O)Nc8ccccc8)ccc7[nH]6)c53)NC4)cc2c1. The zero-order chi connectivity index (χ0) is 39.5. The van der Waals surface area contributed by atoms with E-state index in [0.717, 1.165) is 77.9 Å². The molecule has 10 rings (SSSR count). The lowest BCUT2D eigenvalue weighted by Crippen LogP contribution is -2.32. The Balaban J connectivity index is 0.969. The molecule has 2 amide bonds. The van der Waals surface area contributed by atoms with Crippen LogP contribution in [0.2, 0.25) is 10.0 Å². The number of ketones is 1. The first kappa shape index (κ1) is 35.9. The third kappa shape index (κ3) is 6.34. The van der Waals surface area contributed by atoms with Crippen molar-refractivity contribution < 1.29 is 14.4 Å². The van der Waals surface area contributed by atoms with Gasteiger partial charge >= 0.3 is 0 Å². The highest BCUT2D eigenvalue weighted by Crippen LogP contribution is 2.45. The Morgan fingerprint density at radius 1 is 0.517 bits per heavy atom. The van der Waals surface area contributed by atoms with Crippen molar-refractivity contribution in [3.8, 4) is 22.5 Å². The highest BCUT2D eigenvalue weighted by Gasteiger charge is 2.41. The minimum absolute atomic E-state index is 0.0588. The van der Waals surface area contributed by atoms with Gasteiger partial charge in [0.1, 0.15) is 0 Å². The van der Waals surface area contributed by atoms with Gasteiger partial charge in [-0.05, 0) is 107 Å². The molecule has 2 aromatic heterocycles. The average molecular weight is 802 g/mol. The van der Waals surface area contributed by atoms with Gasteiger partial charge in [0.15, 0.2) is 5.78 Å². The summed E-state index contributed by atoms with van der Waals surface area (Å²) in [4.78, 5) is 48.2. The Labute approximate surface area is 342 Å². The summed E-state index contributed by atoms with van der Waals surface area (Å²) in [5.41, 5.74) is 10.9. The molecule has 8 aromatic rings. The number of para-hydroxylation sites is 2. The molecule has 0 spiro atoms. The number of benzene rings is 6. The number of aromatic amines is 2. The number of hydrogen-bond donors (Lipinski definition) is 6. The fraction of sp³-hybridized carbons (Fsp3) is 0.0851. The molecule has 6 N–H and O–H groups in total. The molecule has 2 atom stereocenters. The van der Waals surface area contributed by atoms with Gasteiger partial charge in [0.25, 0.3) is 11.8 Å². The van der Waals surface area contributed by atoms with E-state index in [-0.39, 0.29) is 17.6 Å². The van der Waals surface area contributed by atoms with Crippen molar-refractivity contribution in [3.63, 3.8) is 0 Å². The average Bonchev–Trinajstić information content (AvgIpc) is 4.06. The zero-order valence-electron chi connectivity index (χ0n) is 30.8. The van der Waals surface area contributed by atoms with Gasteiger partial charge in [0.05, 0.1) is 12.1 Å². The first-order valence-corrected chi connectivity index (χ1v) is 19.7. The summed E-state index contributed by atoms with van der Waals surface area (Å²) >= 11 is 13.6. The molecule has 58 heavy (non-hydrogen) atoms. The minimum atomic E-state index is -0.675. The molecule has 0 radical (unpaired) electrons. The van der Waals surface area contributed by atoms with Crippen LogP contribution in [0.1, 0.15) is 55.1 Å². The molecule has 6 aromatic carbocycles. The van der Waals surface area contributed by atoms with Crippen molar-refractivity contribution in [2.45, 2.75) is 25.2 Å². The summed E-state index contributed by atoms with van der Waals surface area (Å²) in [7, 11) is 0. The first-order valence-electron chi connectivity index (χ1n) is 18.9. The van der Waals surface area contributed by atoms with Crippen LogP contribution in [0, 0.1) is 0 Å². The molecule has 2 aliphatic rings. The van der Waals surface area contributed by atoms with E-state index in [1.165, 1.54) is 0 Å². The van der Waals surface area contributed by atoms with Gasteiger partial charge in [0, 0.05) is 90.0 Å². The topological polar surface area (TPSA) is 131 Å². The third-order valence-electron chi connectivity index (χ3n) is 11.1. The van der Waals surface area contributed by atoms with Gasteiger partial charge < -0.3 is 20.6 Å². The molecule has 9 nitrogen and oxygen atoms in total. The van der Waals surface area contributed by atoms with Gasteiger partial charge in [-0.1, -0.05) is 71.7 Å². The van der Waals surface area contributed by atoms with Gasteiger partial charge in [-0.25, -0.2) is 0 Å². The normalized spacial score (nSPS) is 15.7. The number of hydrogen-bond acceptors (Lipinski definition) is 5. The highest BCUT2D eigenvalue weighted by molar-refractivity contribution is 6.32. The molecule has 0 aliphatic carbocycles. The number of aromatic nitrogens is 2. The Morgan fingerprint density at radius 2 is 0.948 bits per heavy atom. The monoisotopic (exact) mass is 800 g/mol. The number of Topliss-reactive ketones (excluding diaryl/α,β-unsaturated/α-hetero) is 1. The predicted molar refractivity (Wildman–Crippen MR) is 230 cm³/mol. The maximum atomic E-state index is 14.9. The molecule has 4 heterocycles. The lowest BCUT2D eigenvalue weighted by Gasteiger charge is -2.21. The lowest BCUT2D eigenvalue weighted by atomic mass is 9.87. The second kappa shape index (κ2) is 14.5. The second-order valence-corrected chi connectivity index (χ2v) is 15.4. The van der Waals surface area contributed by atoms with Crippen molar-refractivity contribution >= 4 is 74.0 Å². The number of H-pyrrole nitrogens is 2. The van der Waals surface area contributed by atoms with Crippen LogP contribution in [-0.4, -0.2) is 27.6 Å². The number of carbonyl (C=O) groups excluding carboxylic acids is 3. The number of halogens is 2. The maximum absolute atomic E-state index is 14.9. The molecule has 284 valence electrons. The van der Waals surface area contributed by atoms with Gasteiger partial charge in [0.2, 0.25) is 0 Å². The summed E-state index contributed by atoms with van der Waals surface area (Å²) < 4.78 is 0. The molecular weight excluding hydrogens is 767 g/mol. The Hall–Kier alpha value is -6.49. The van der Waals surface area contributed by atoms with Crippen LogP contribution in [0.5, 0.6) is 0 Å². The quantitative estimate of drug-likeness (QED) is 0.0911. The Morgan fingerprint density at radius 3 is 1.38 bits per heavy atom. The van der Waals surface area contributed by atoms with Crippen LogP contribution in [-0.2, 0) is 17.9 Å². The number of carbonyl (C=O) groups is 3. The smallest absolute Gasteiger partial charge is 0.255 e. The van der Waals surface area contributed by atoms with Crippen molar-refractivity contribution in [1.82, 2.24) is 20.6 Å².